The van der Waals surface area contributed by atoms with Crippen LogP contribution < -0.4 is 42.5 Å². The predicted octanol–water partition coefficient (Wildman–Crippen LogP) is 5.93. The van der Waals surface area contributed by atoms with Gasteiger partial charge < -0.3 is 41.9 Å². The van der Waals surface area contributed by atoms with Crippen LogP contribution in [0.15, 0.2) is 169 Å². The van der Waals surface area contributed by atoms with E-state index >= 15 is 0 Å². The van der Waals surface area contributed by atoms with Gasteiger partial charge in [-0.1, -0.05) is 152 Å². The maximum atomic E-state index is 11.3. The third-order valence-corrected chi connectivity index (χ3v) is 10.9. The van der Waals surface area contributed by atoms with Gasteiger partial charge in [0.2, 0.25) is 11.8 Å². The van der Waals surface area contributed by atoms with Crippen molar-refractivity contribution in [1.82, 2.24) is 52.5 Å². The van der Waals surface area contributed by atoms with Gasteiger partial charge in [0.05, 0.1) is 0 Å². The summed E-state index contributed by atoms with van der Waals surface area (Å²) < 4.78 is 0.686. The van der Waals surface area contributed by atoms with E-state index in [9.17, 15) is 19.2 Å². The molecule has 350 valence electrons. The number of hydrogen-bond acceptors (Lipinski definition) is 9. The van der Waals surface area contributed by atoms with E-state index in [0.717, 1.165) is 34.4 Å². The normalized spacial score (nSPS) is 17.6. The fraction of sp³-hybridized carbons (Fsp3) is 0.100. The van der Waals surface area contributed by atoms with Gasteiger partial charge in [-0.05, 0) is 101 Å². The van der Waals surface area contributed by atoms with Crippen molar-refractivity contribution in [2.75, 3.05) is 0 Å². The van der Waals surface area contributed by atoms with Crippen molar-refractivity contribution in [2.24, 2.45) is 0 Å². The van der Waals surface area contributed by atoms with Crippen LogP contribution >= 0.6 is 61.1 Å². The minimum absolute atomic E-state index is 0.0427. The lowest BCUT2D eigenvalue weighted by molar-refractivity contribution is -0.120. The smallest absolute Gasteiger partial charge is 0.273 e. The van der Waals surface area contributed by atoms with Crippen molar-refractivity contribution >= 4 is 117 Å². The minimum Gasteiger partial charge on any atom is -0.350 e. The third-order valence-electron chi connectivity index (χ3n) is 9.83. The Hall–Kier alpha value is -7.55. The molecule has 4 amide bonds. The van der Waals surface area contributed by atoms with Gasteiger partial charge in [-0.25, -0.2) is 0 Å². The lowest BCUT2D eigenvalue weighted by Crippen LogP contribution is -2.30. The second-order valence-electron chi connectivity index (χ2n) is 15.1. The predicted molar refractivity (Wildman–Crippen MR) is 287 cm³/mol. The van der Waals surface area contributed by atoms with Gasteiger partial charge in [0.25, 0.3) is 11.8 Å². The summed E-state index contributed by atoms with van der Waals surface area (Å²) in [5.74, 6) is -0.449. The minimum atomic E-state index is -0.218. The highest BCUT2D eigenvalue weighted by Crippen LogP contribution is 2.10. The highest BCUT2D eigenvalue weighted by atomic mass is 32.1. The van der Waals surface area contributed by atoms with E-state index in [1.165, 1.54) is 5.56 Å². The second kappa shape index (κ2) is 26.1. The molecule has 69 heavy (non-hydrogen) atoms. The number of hydrogen-bond donors (Lipinski definition) is 10. The molecule has 5 heterocycles. The van der Waals surface area contributed by atoms with E-state index in [1.807, 2.05) is 146 Å². The summed E-state index contributed by atoms with van der Waals surface area (Å²) in [5, 5.41) is 23.1. The van der Waals surface area contributed by atoms with E-state index in [-0.39, 0.29) is 35.7 Å². The van der Waals surface area contributed by atoms with Crippen molar-refractivity contribution in [3.8, 4) is 0 Å². The van der Waals surface area contributed by atoms with Crippen LogP contribution in [-0.2, 0) is 38.4 Å². The van der Waals surface area contributed by atoms with Gasteiger partial charge in [-0.3, -0.25) is 29.8 Å². The molecule has 0 saturated carbocycles. The zero-order valence-electron chi connectivity index (χ0n) is 36.6. The molecule has 4 saturated heterocycles. The number of aromatic nitrogens is 2. The largest absolute Gasteiger partial charge is 0.350 e. The highest BCUT2D eigenvalue weighted by molar-refractivity contribution is 7.81. The van der Waals surface area contributed by atoms with Crippen LogP contribution in [0, 0.1) is 4.77 Å². The summed E-state index contributed by atoms with van der Waals surface area (Å²) in [6.45, 7) is 0. The Morgan fingerprint density at radius 2 is 0.783 bits per heavy atom. The van der Waals surface area contributed by atoms with Crippen molar-refractivity contribution in [3.05, 3.63) is 208 Å². The molecule has 0 bridgehead atoms. The van der Waals surface area contributed by atoms with E-state index in [2.05, 4.69) is 64.6 Å². The number of imidazole rings is 1. The van der Waals surface area contributed by atoms with Gasteiger partial charge in [-0.2, -0.15) is 0 Å². The number of aromatic amines is 2. The van der Waals surface area contributed by atoms with Gasteiger partial charge in [0.1, 0.15) is 23.5 Å². The molecule has 0 radical (unpaired) electrons. The molecule has 14 nitrogen and oxygen atoms in total. The SMILES string of the molecule is O=C1NC(=S)N/C1=C\c1ccccc1.O=C1NC(=S)N/C1=C\c1ccccc1.O=C1NC(=S)NC1Cc1ccccc1.O=C1NC(=S)NC1Cc1ccccc1.S=c1[nH]cc(Cc2ccccc2)[nH]1. The monoisotopic (exact) mass is 1010 g/mol. The van der Waals surface area contributed by atoms with Crippen LogP contribution in [0.2, 0.25) is 0 Å². The molecule has 4 fully saturated rings. The van der Waals surface area contributed by atoms with Crippen molar-refractivity contribution in [1.29, 1.82) is 0 Å². The summed E-state index contributed by atoms with van der Waals surface area (Å²) in [7, 11) is 0. The zero-order valence-corrected chi connectivity index (χ0v) is 40.7. The Morgan fingerprint density at radius 1 is 0.420 bits per heavy atom. The molecule has 1 aromatic heterocycles. The van der Waals surface area contributed by atoms with Crippen molar-refractivity contribution < 1.29 is 19.2 Å². The highest BCUT2D eigenvalue weighted by Gasteiger charge is 2.28. The van der Waals surface area contributed by atoms with Gasteiger partial charge >= 0.3 is 0 Å². The molecule has 5 aromatic carbocycles. The number of H-pyrrole nitrogens is 2. The molecule has 0 spiro atoms. The van der Waals surface area contributed by atoms with Gasteiger partial charge in [0, 0.05) is 31.2 Å². The standard InChI is InChI=1S/2C10H10N2OS.2C10H8N2OS.C10H10N2S/c4*13-9-8(11-10(14)12-9)6-7-4-2-1-3-5-7;13-10-11-7-9(12-10)6-8-4-2-1-3-5-8/h2*1-5,8H,6H2,(H2,11,12,13,14);2*1-6H,(H2,11,12,13,14);1-5,7H,6H2,(H2,11,12,13)/b;;2*8-6-;. The Bertz CT molecular complexity index is 2740. The van der Waals surface area contributed by atoms with Crippen LogP contribution in [0.25, 0.3) is 12.2 Å². The molecular formula is C50H46N10O4S5. The first-order chi connectivity index (χ1) is 33.4. The maximum Gasteiger partial charge on any atom is 0.273 e. The number of benzene rings is 5. The number of carbonyl (C=O) groups excluding carboxylic acids is 4. The zero-order chi connectivity index (χ0) is 49.0. The molecule has 2 unspecified atom stereocenters. The van der Waals surface area contributed by atoms with E-state index in [1.54, 1.807) is 12.2 Å². The fourth-order valence-corrected chi connectivity index (χ4v) is 7.66. The van der Waals surface area contributed by atoms with Gasteiger partial charge in [-0.15, -0.1) is 0 Å². The van der Waals surface area contributed by atoms with Crippen molar-refractivity contribution in [2.45, 2.75) is 31.3 Å². The first kappa shape index (κ1) is 50.9. The summed E-state index contributed by atoms with van der Waals surface area (Å²) in [6, 6.07) is 48.8. The van der Waals surface area contributed by atoms with Crippen LogP contribution in [-0.4, -0.2) is 66.1 Å². The Labute approximate surface area is 425 Å². The Balaban J connectivity index is 0.000000142. The molecular weight excluding hydrogens is 965 g/mol. The number of carbonyl (C=O) groups is 4. The summed E-state index contributed by atoms with van der Waals surface area (Å²) in [5.41, 5.74) is 7.57. The molecule has 19 heteroatoms. The molecule has 4 aliphatic rings. The summed E-state index contributed by atoms with van der Waals surface area (Å²) in [4.78, 5) is 51.2. The molecule has 4 aliphatic heterocycles. The van der Waals surface area contributed by atoms with Crippen LogP contribution in [0.3, 0.4) is 0 Å². The van der Waals surface area contributed by atoms with Crippen LogP contribution in [0.4, 0.5) is 0 Å². The number of amides is 4. The number of rotatable bonds is 8. The van der Waals surface area contributed by atoms with Gasteiger partial charge in [0.15, 0.2) is 25.2 Å². The fourth-order valence-electron chi connectivity index (χ4n) is 6.58. The quantitative estimate of drug-likeness (QED) is 0.0638. The molecule has 6 aromatic rings. The number of thiocarbonyl (C=S) groups is 4. The summed E-state index contributed by atoms with van der Waals surface area (Å²) in [6.07, 6.45) is 7.67. The molecule has 10 rings (SSSR count). The Kier molecular flexibility index (Phi) is 19.2. The Morgan fingerprint density at radius 3 is 1.09 bits per heavy atom. The summed E-state index contributed by atoms with van der Waals surface area (Å²) >= 11 is 24.2. The maximum absolute atomic E-state index is 11.3. The second-order valence-corrected chi connectivity index (χ2v) is 17.1. The molecule has 10 N–H and O–H groups in total. The first-order valence-corrected chi connectivity index (χ1v) is 23.3. The van der Waals surface area contributed by atoms with Crippen LogP contribution in [0.1, 0.15) is 33.5 Å². The molecule has 0 aliphatic carbocycles. The lowest BCUT2D eigenvalue weighted by Gasteiger charge is -2.06. The lowest BCUT2D eigenvalue weighted by atomic mass is 10.1. The molecule has 2 atom stereocenters. The topological polar surface area (TPSA) is 196 Å². The van der Waals surface area contributed by atoms with Crippen LogP contribution in [0.5, 0.6) is 0 Å². The average Bonchev–Trinajstić information content (AvgIpc) is 4.15. The van der Waals surface area contributed by atoms with E-state index in [4.69, 9.17) is 61.1 Å². The van der Waals surface area contributed by atoms with Crippen molar-refractivity contribution in [3.63, 3.8) is 0 Å². The first-order valence-electron chi connectivity index (χ1n) is 21.3. The van der Waals surface area contributed by atoms with E-state index in [0.29, 0.717) is 49.5 Å². The average molecular weight is 1010 g/mol. The third kappa shape index (κ3) is 17.2. The number of nitrogens with one attached hydrogen (secondary N) is 10. The van der Waals surface area contributed by atoms with E-state index < -0.39 is 0 Å².